The molecule has 2 atom stereocenters. The van der Waals surface area contributed by atoms with Gasteiger partial charge in [-0.1, -0.05) is 21.6 Å². The number of rotatable bonds is 17. The van der Waals surface area contributed by atoms with E-state index in [2.05, 4.69) is 26.0 Å². The molecule has 0 spiro atoms. The fraction of sp³-hybridized carbons (Fsp3) is 0.667. The largest absolute Gasteiger partial charge is 0.481 e. The van der Waals surface area contributed by atoms with E-state index in [-0.39, 0.29) is 37.3 Å². The molecule has 0 aliphatic heterocycles. The molecule has 0 radical (unpaired) electrons. The van der Waals surface area contributed by atoms with Gasteiger partial charge in [0.15, 0.2) is 0 Å². The zero-order chi connectivity index (χ0) is 24.5. The maximum absolute atomic E-state index is 12.7. The highest BCUT2D eigenvalue weighted by molar-refractivity contribution is 8.76. The maximum atomic E-state index is 12.7. The Bertz CT molecular complexity index is 663. The van der Waals surface area contributed by atoms with E-state index in [1.165, 1.54) is 28.5 Å². The van der Waals surface area contributed by atoms with E-state index >= 15 is 0 Å². The van der Waals surface area contributed by atoms with Gasteiger partial charge in [-0.25, -0.2) is 0 Å². The molecule has 32 heavy (non-hydrogen) atoms. The number of carbonyl (C=O) groups excluding carboxylic acids is 5. The second kappa shape index (κ2) is 17.1. The molecule has 0 aromatic carbocycles. The summed E-state index contributed by atoms with van der Waals surface area (Å²) in [5, 5.41) is 19.0. The zero-order valence-electron chi connectivity index (χ0n) is 18.2. The number of hydrogen-bond acceptors (Lipinski definition) is 9. The third-order valence-electron chi connectivity index (χ3n) is 3.49. The Morgan fingerprint density at radius 3 is 2.22 bits per heavy atom. The number of carboxylic acid groups (broad SMARTS) is 1. The molecule has 0 saturated carbocycles. The van der Waals surface area contributed by atoms with Gasteiger partial charge in [-0.15, -0.1) is 0 Å². The maximum Gasteiger partial charge on any atom is 0.305 e. The van der Waals surface area contributed by atoms with E-state index < -0.39 is 42.2 Å². The van der Waals surface area contributed by atoms with Crippen molar-refractivity contribution in [2.45, 2.75) is 51.7 Å². The first-order valence-electron chi connectivity index (χ1n) is 9.72. The van der Waals surface area contributed by atoms with Crippen molar-refractivity contribution in [2.75, 3.05) is 24.7 Å². The van der Waals surface area contributed by atoms with Crippen LogP contribution in [0.5, 0.6) is 0 Å². The first-order valence-corrected chi connectivity index (χ1v) is 12.2. The summed E-state index contributed by atoms with van der Waals surface area (Å²) in [6, 6.07) is -2.57. The summed E-state index contributed by atoms with van der Waals surface area (Å²) >= 11 is 0. The average molecular weight is 495 g/mol. The SMILES string of the molecule is CC(=O)NCCC(=O)N[C@@H](CC(=O)O)C(=O)N[C@@H](CSSCCOC=O)C(=O)NC(C)C. The highest BCUT2D eigenvalue weighted by Gasteiger charge is 2.28. The second-order valence-electron chi connectivity index (χ2n) is 6.75. The highest BCUT2D eigenvalue weighted by Crippen LogP contribution is 2.21. The average Bonchev–Trinajstić information content (AvgIpc) is 2.67. The van der Waals surface area contributed by atoms with Crippen LogP contribution in [-0.2, 0) is 33.5 Å². The Labute approximate surface area is 194 Å². The topological polar surface area (TPSA) is 180 Å². The lowest BCUT2D eigenvalue weighted by atomic mass is 10.1. The summed E-state index contributed by atoms with van der Waals surface area (Å²) in [5.41, 5.74) is 0. The molecule has 5 N–H and O–H groups in total. The Kier molecular flexibility index (Phi) is 15.8. The standard InChI is InChI=1S/C18H30N4O8S2/c1-11(2)20-18(29)14(9-32-31-7-6-30-10-23)22-17(28)13(8-16(26)27)21-15(25)4-5-19-12(3)24/h10-11,13-14H,4-9H2,1-3H3,(H,19,24)(H,20,29)(H,21,25)(H,22,28)(H,26,27)/t13-,14-/m0/s1. The summed E-state index contributed by atoms with van der Waals surface area (Å²) < 4.78 is 4.57. The Morgan fingerprint density at radius 1 is 1.00 bits per heavy atom. The molecular weight excluding hydrogens is 464 g/mol. The van der Waals surface area contributed by atoms with Gasteiger partial charge in [0.05, 0.1) is 6.42 Å². The van der Waals surface area contributed by atoms with E-state index in [0.717, 1.165) is 0 Å². The molecular formula is C18H30N4O8S2. The van der Waals surface area contributed by atoms with Crippen LogP contribution in [0.4, 0.5) is 0 Å². The number of amides is 4. The molecule has 0 aromatic rings. The summed E-state index contributed by atoms with van der Waals surface area (Å²) in [4.78, 5) is 69.3. The molecule has 0 rings (SSSR count). The van der Waals surface area contributed by atoms with Gasteiger partial charge in [-0.05, 0) is 13.8 Å². The van der Waals surface area contributed by atoms with Crippen molar-refractivity contribution in [3.63, 3.8) is 0 Å². The predicted molar refractivity (Wildman–Crippen MR) is 120 cm³/mol. The van der Waals surface area contributed by atoms with Crippen molar-refractivity contribution >= 4 is 57.7 Å². The van der Waals surface area contributed by atoms with Gasteiger partial charge in [-0.2, -0.15) is 0 Å². The van der Waals surface area contributed by atoms with Crippen molar-refractivity contribution in [1.82, 2.24) is 21.3 Å². The van der Waals surface area contributed by atoms with Gasteiger partial charge in [0.2, 0.25) is 23.6 Å². The van der Waals surface area contributed by atoms with E-state index in [9.17, 15) is 28.8 Å². The van der Waals surface area contributed by atoms with Crippen molar-refractivity contribution in [1.29, 1.82) is 0 Å². The van der Waals surface area contributed by atoms with Gasteiger partial charge in [-0.3, -0.25) is 28.8 Å². The molecule has 14 heteroatoms. The molecule has 0 unspecified atom stereocenters. The van der Waals surface area contributed by atoms with Gasteiger partial charge < -0.3 is 31.1 Å². The van der Waals surface area contributed by atoms with E-state index in [1.54, 1.807) is 13.8 Å². The molecule has 182 valence electrons. The van der Waals surface area contributed by atoms with Crippen LogP contribution in [0.3, 0.4) is 0 Å². The molecule has 4 amide bonds. The summed E-state index contributed by atoms with van der Waals surface area (Å²) in [5.74, 6) is -2.91. The molecule has 0 heterocycles. The van der Waals surface area contributed by atoms with Crippen LogP contribution in [0.15, 0.2) is 0 Å². The number of nitrogens with one attached hydrogen (secondary N) is 4. The Morgan fingerprint density at radius 2 is 1.66 bits per heavy atom. The number of ether oxygens (including phenoxy) is 1. The lowest BCUT2D eigenvalue weighted by Gasteiger charge is -2.23. The highest BCUT2D eigenvalue weighted by atomic mass is 33.1. The molecule has 0 bridgehead atoms. The van der Waals surface area contributed by atoms with Gasteiger partial charge in [0, 0.05) is 37.4 Å². The second-order valence-corrected chi connectivity index (χ2v) is 9.38. The minimum atomic E-state index is -1.40. The minimum absolute atomic E-state index is 0.0314. The molecule has 0 fully saturated rings. The lowest BCUT2D eigenvalue weighted by molar-refractivity contribution is -0.141. The predicted octanol–water partition coefficient (Wildman–Crippen LogP) is -0.964. The minimum Gasteiger partial charge on any atom is -0.481 e. The third kappa shape index (κ3) is 15.3. The number of aliphatic carboxylic acids is 1. The van der Waals surface area contributed by atoms with Crippen molar-refractivity contribution < 1.29 is 38.6 Å². The van der Waals surface area contributed by atoms with Gasteiger partial charge in [0.25, 0.3) is 6.47 Å². The third-order valence-corrected chi connectivity index (χ3v) is 5.87. The molecule has 12 nitrogen and oxygen atoms in total. The van der Waals surface area contributed by atoms with Crippen molar-refractivity contribution in [2.24, 2.45) is 0 Å². The van der Waals surface area contributed by atoms with E-state index in [1.807, 2.05) is 0 Å². The normalized spacial score (nSPS) is 12.2. The number of carbonyl (C=O) groups is 6. The summed E-state index contributed by atoms with van der Waals surface area (Å²) in [6.45, 7) is 5.34. The zero-order valence-corrected chi connectivity index (χ0v) is 19.8. The number of hydrogen-bond donors (Lipinski definition) is 5. The molecule has 0 aliphatic rings. The summed E-state index contributed by atoms with van der Waals surface area (Å²) in [7, 11) is 2.59. The fourth-order valence-corrected chi connectivity index (χ4v) is 4.15. The molecule has 0 aromatic heterocycles. The van der Waals surface area contributed by atoms with Crippen LogP contribution in [0, 0.1) is 0 Å². The number of carboxylic acids is 1. The molecule has 0 aliphatic carbocycles. The Balaban J connectivity index is 5.03. The fourth-order valence-electron chi connectivity index (χ4n) is 2.15. The quantitative estimate of drug-likeness (QED) is 0.0959. The van der Waals surface area contributed by atoms with Crippen molar-refractivity contribution in [3.8, 4) is 0 Å². The van der Waals surface area contributed by atoms with Crippen LogP contribution in [-0.4, -0.2) is 84.0 Å². The van der Waals surface area contributed by atoms with Crippen LogP contribution in [0.2, 0.25) is 0 Å². The summed E-state index contributed by atoms with van der Waals surface area (Å²) in [6.07, 6.45) is -0.823. The van der Waals surface area contributed by atoms with Crippen LogP contribution < -0.4 is 21.3 Å². The lowest BCUT2D eigenvalue weighted by Crippen LogP contribution is -2.55. The van der Waals surface area contributed by atoms with E-state index in [4.69, 9.17) is 5.11 Å². The smallest absolute Gasteiger partial charge is 0.305 e. The monoisotopic (exact) mass is 494 g/mol. The first kappa shape index (κ1) is 29.5. The van der Waals surface area contributed by atoms with Crippen LogP contribution >= 0.6 is 21.6 Å². The first-order chi connectivity index (χ1) is 15.1. The van der Waals surface area contributed by atoms with Gasteiger partial charge >= 0.3 is 5.97 Å². The molecule has 0 saturated heterocycles. The van der Waals surface area contributed by atoms with Crippen LogP contribution in [0.1, 0.15) is 33.6 Å². The van der Waals surface area contributed by atoms with Crippen LogP contribution in [0.25, 0.3) is 0 Å². The van der Waals surface area contributed by atoms with Crippen molar-refractivity contribution in [3.05, 3.63) is 0 Å². The van der Waals surface area contributed by atoms with E-state index in [0.29, 0.717) is 12.2 Å². The van der Waals surface area contributed by atoms with Gasteiger partial charge in [0.1, 0.15) is 18.7 Å². The Hall–Kier alpha value is -2.48.